The van der Waals surface area contributed by atoms with Crippen LogP contribution in [0.1, 0.15) is 0 Å². The van der Waals surface area contributed by atoms with Crippen molar-refractivity contribution >= 4 is 108 Å². The molecule has 2 aromatic heterocycles. The molecule has 0 unspecified atom stereocenters. The molecule has 0 fully saturated rings. The average molecular weight is 750 g/mol. The molecule has 0 saturated heterocycles. The largest absolute Gasteiger partial charge is 0.480 e. The standard InChI is InChI=1S/C17H14Cl2N2O3.C15H8Cl2FNO3.C2H7N/c1-20(2)9-3-4-10-13(7-9)21(8-14(22)23)16-11(17(10)24)5-6-12(18)15(16)19;16-10-4-3-9-14(13(10)17)19(6-12(20)21)11-5-7(18)1-2-8(11)15(9)22;1-3-2/h3-7H,8H2,1-2H3,(H,22,23);1-5H,6H2,(H,20,21);3H,1-2H3. The van der Waals surface area contributed by atoms with E-state index in [2.05, 4.69) is 5.32 Å². The second kappa shape index (κ2) is 15.4. The first-order valence-corrected chi connectivity index (χ1v) is 15.9. The number of aromatic nitrogens is 2. The van der Waals surface area contributed by atoms with Crippen molar-refractivity contribution in [3.63, 3.8) is 0 Å². The van der Waals surface area contributed by atoms with Gasteiger partial charge in [0.25, 0.3) is 0 Å². The van der Waals surface area contributed by atoms with E-state index in [9.17, 15) is 28.7 Å². The van der Waals surface area contributed by atoms with Crippen LogP contribution in [0, 0.1) is 5.82 Å². The first-order chi connectivity index (χ1) is 23.1. The van der Waals surface area contributed by atoms with Gasteiger partial charge in [0.05, 0.1) is 42.2 Å². The summed E-state index contributed by atoms with van der Waals surface area (Å²) in [4.78, 5) is 49.7. The number of anilines is 1. The van der Waals surface area contributed by atoms with Crippen LogP contribution in [-0.2, 0) is 22.7 Å². The number of carboxylic acids is 2. The van der Waals surface area contributed by atoms with E-state index in [4.69, 9.17) is 51.5 Å². The van der Waals surface area contributed by atoms with Gasteiger partial charge < -0.3 is 29.6 Å². The van der Waals surface area contributed by atoms with Crippen LogP contribution in [0.5, 0.6) is 0 Å². The third-order valence-corrected chi connectivity index (χ3v) is 8.87. The van der Waals surface area contributed by atoms with Crippen LogP contribution in [0.2, 0.25) is 20.1 Å². The molecule has 6 aromatic rings. The number of hydrogen-bond acceptors (Lipinski definition) is 6. The Balaban J connectivity index is 0.000000205. The topological polar surface area (TPSA) is 134 Å². The van der Waals surface area contributed by atoms with E-state index in [1.54, 1.807) is 24.3 Å². The summed E-state index contributed by atoms with van der Waals surface area (Å²) in [5.41, 5.74) is 1.46. The minimum absolute atomic E-state index is 0.0590. The van der Waals surface area contributed by atoms with E-state index in [0.29, 0.717) is 21.8 Å². The molecule has 0 aliphatic heterocycles. The number of halogens is 5. The van der Waals surface area contributed by atoms with Gasteiger partial charge in [-0.25, -0.2) is 4.39 Å². The van der Waals surface area contributed by atoms with Gasteiger partial charge in [0.15, 0.2) is 10.9 Å². The molecule has 49 heavy (non-hydrogen) atoms. The molecular weight excluding hydrogens is 721 g/mol. The van der Waals surface area contributed by atoms with Gasteiger partial charge in [0.2, 0.25) is 0 Å². The highest BCUT2D eigenvalue weighted by Crippen LogP contribution is 2.33. The van der Waals surface area contributed by atoms with Gasteiger partial charge in [-0.3, -0.25) is 19.2 Å². The number of rotatable bonds is 5. The van der Waals surface area contributed by atoms with Crippen molar-refractivity contribution in [3.05, 3.63) is 107 Å². The van der Waals surface area contributed by atoms with E-state index in [1.807, 2.05) is 39.2 Å². The van der Waals surface area contributed by atoms with Crippen molar-refractivity contribution < 1.29 is 24.2 Å². The summed E-state index contributed by atoms with van der Waals surface area (Å²) in [6, 6.07) is 14.9. The lowest BCUT2D eigenvalue weighted by molar-refractivity contribution is -0.138. The summed E-state index contributed by atoms with van der Waals surface area (Å²) in [5.74, 6) is -2.76. The zero-order valence-corrected chi connectivity index (χ0v) is 29.5. The molecule has 10 nitrogen and oxygen atoms in total. The number of hydrogen-bond donors (Lipinski definition) is 3. The van der Waals surface area contributed by atoms with Gasteiger partial charge in [0.1, 0.15) is 18.9 Å². The maximum absolute atomic E-state index is 13.5. The molecule has 0 amide bonds. The Hall–Kier alpha value is -4.39. The van der Waals surface area contributed by atoms with Crippen LogP contribution >= 0.6 is 46.4 Å². The average Bonchev–Trinajstić information content (AvgIpc) is 3.04. The minimum atomic E-state index is -1.15. The number of pyridine rings is 2. The van der Waals surface area contributed by atoms with Crippen LogP contribution in [0.25, 0.3) is 43.6 Å². The van der Waals surface area contributed by atoms with Crippen molar-refractivity contribution in [2.45, 2.75) is 13.1 Å². The number of carboxylic acid groups (broad SMARTS) is 2. The molecular formula is C34H29Cl4FN4O6. The fourth-order valence-corrected chi connectivity index (χ4v) is 6.08. The Morgan fingerprint density at radius 1 is 0.694 bits per heavy atom. The Bertz CT molecular complexity index is 2390. The van der Waals surface area contributed by atoms with E-state index < -0.39 is 24.3 Å². The van der Waals surface area contributed by atoms with Gasteiger partial charge in [-0.15, -0.1) is 0 Å². The zero-order valence-electron chi connectivity index (χ0n) is 26.4. The van der Waals surface area contributed by atoms with Gasteiger partial charge in [-0.2, -0.15) is 0 Å². The van der Waals surface area contributed by atoms with Gasteiger partial charge in [-0.1, -0.05) is 46.4 Å². The number of benzene rings is 4. The molecule has 0 aliphatic carbocycles. The number of nitrogens with zero attached hydrogens (tertiary/aromatic N) is 3. The van der Waals surface area contributed by atoms with E-state index >= 15 is 0 Å². The Morgan fingerprint density at radius 3 is 1.49 bits per heavy atom. The Morgan fingerprint density at radius 2 is 1.08 bits per heavy atom. The molecule has 0 atom stereocenters. The lowest BCUT2D eigenvalue weighted by atomic mass is 10.1. The summed E-state index contributed by atoms with van der Waals surface area (Å²) < 4.78 is 16.4. The van der Waals surface area contributed by atoms with E-state index in [-0.39, 0.29) is 59.3 Å². The zero-order chi connectivity index (χ0) is 36.3. The molecule has 0 radical (unpaired) electrons. The molecule has 6 rings (SSSR count). The molecule has 4 aromatic carbocycles. The second-order valence-electron chi connectivity index (χ2n) is 10.9. The van der Waals surface area contributed by atoms with Crippen LogP contribution in [-0.4, -0.2) is 59.5 Å². The number of fused-ring (bicyclic) bond motifs is 4. The van der Waals surface area contributed by atoms with E-state index in [0.717, 1.165) is 17.8 Å². The number of carbonyl (C=O) groups is 2. The molecule has 256 valence electrons. The van der Waals surface area contributed by atoms with Crippen molar-refractivity contribution in [2.75, 3.05) is 33.1 Å². The van der Waals surface area contributed by atoms with Crippen LogP contribution in [0.4, 0.5) is 10.1 Å². The summed E-state index contributed by atoms with van der Waals surface area (Å²) >= 11 is 24.5. The summed E-state index contributed by atoms with van der Waals surface area (Å²) in [6.45, 7) is -0.805. The highest BCUT2D eigenvalue weighted by atomic mass is 35.5. The first-order valence-electron chi connectivity index (χ1n) is 14.4. The van der Waals surface area contributed by atoms with Crippen molar-refractivity contribution in [2.24, 2.45) is 0 Å². The molecule has 2 heterocycles. The lowest BCUT2D eigenvalue weighted by Crippen LogP contribution is -2.17. The molecule has 0 saturated carbocycles. The lowest BCUT2D eigenvalue weighted by Gasteiger charge is -2.18. The summed E-state index contributed by atoms with van der Waals surface area (Å²) in [5, 5.41) is 23.1. The smallest absolute Gasteiger partial charge is 0.323 e. The molecule has 0 aliphatic rings. The van der Waals surface area contributed by atoms with Gasteiger partial charge >= 0.3 is 11.9 Å². The fraction of sp³-hybridized carbons (Fsp3) is 0.176. The molecule has 0 bridgehead atoms. The molecule has 15 heteroatoms. The van der Waals surface area contributed by atoms with Crippen molar-refractivity contribution in [1.29, 1.82) is 0 Å². The minimum Gasteiger partial charge on any atom is -0.480 e. The number of nitrogens with one attached hydrogen (secondary N) is 1. The van der Waals surface area contributed by atoms with Gasteiger partial charge in [0, 0.05) is 41.3 Å². The quantitative estimate of drug-likeness (QED) is 0.159. The summed E-state index contributed by atoms with van der Waals surface area (Å²) in [6.07, 6.45) is 0. The SMILES string of the molecule is CN(C)c1ccc2c(=O)c3ccc(Cl)c(Cl)c3n(CC(=O)O)c2c1.CNC.O=C(O)Cn1c2cc(F)ccc2c(=O)c2ccc(Cl)c(Cl)c21. The van der Waals surface area contributed by atoms with E-state index in [1.165, 1.54) is 27.3 Å². The third-order valence-electron chi connectivity index (χ3n) is 7.28. The first kappa shape index (κ1) is 37.4. The predicted octanol–water partition coefficient (Wildman–Crippen LogP) is 7.13. The maximum Gasteiger partial charge on any atom is 0.323 e. The molecule has 3 N–H and O–H groups in total. The third kappa shape index (κ3) is 7.61. The summed E-state index contributed by atoms with van der Waals surface area (Å²) in [7, 11) is 7.48. The second-order valence-corrected chi connectivity index (χ2v) is 12.5. The fourth-order valence-electron chi connectivity index (χ4n) is 5.24. The normalized spacial score (nSPS) is 10.9. The highest BCUT2D eigenvalue weighted by molar-refractivity contribution is 6.45. The number of aliphatic carboxylic acids is 2. The predicted molar refractivity (Wildman–Crippen MR) is 196 cm³/mol. The van der Waals surface area contributed by atoms with Gasteiger partial charge in [-0.05, 0) is 74.8 Å². The maximum atomic E-state index is 13.5. The molecule has 0 spiro atoms. The van der Waals surface area contributed by atoms with Crippen LogP contribution in [0.3, 0.4) is 0 Å². The Labute approximate surface area is 298 Å². The van der Waals surface area contributed by atoms with Crippen LogP contribution in [0.15, 0.2) is 70.3 Å². The monoisotopic (exact) mass is 748 g/mol. The Kier molecular flexibility index (Phi) is 11.8. The van der Waals surface area contributed by atoms with Crippen LogP contribution < -0.4 is 21.1 Å². The highest BCUT2D eigenvalue weighted by Gasteiger charge is 2.19. The van der Waals surface area contributed by atoms with Crippen molar-refractivity contribution in [3.8, 4) is 0 Å². The van der Waals surface area contributed by atoms with Crippen molar-refractivity contribution in [1.82, 2.24) is 14.5 Å².